The maximum atomic E-state index is 6.00. The standard InChI is InChI=1S/C10H22N2/c1-8(2)12(3)7-6-10(11)9-4-5-9/h8-10H,4-7,11H2,1-3H3. The molecule has 0 bridgehead atoms. The van der Waals surface area contributed by atoms with Gasteiger partial charge in [-0.05, 0) is 52.6 Å². The van der Waals surface area contributed by atoms with Crippen LogP contribution in [0, 0.1) is 5.92 Å². The molecule has 2 nitrogen and oxygen atoms in total. The Morgan fingerprint density at radius 1 is 1.42 bits per heavy atom. The van der Waals surface area contributed by atoms with Gasteiger partial charge in [-0.25, -0.2) is 0 Å². The van der Waals surface area contributed by atoms with Crippen molar-refractivity contribution < 1.29 is 0 Å². The number of nitrogens with two attached hydrogens (primary N) is 1. The van der Waals surface area contributed by atoms with Gasteiger partial charge in [0.2, 0.25) is 0 Å². The molecule has 1 fully saturated rings. The maximum absolute atomic E-state index is 6.00. The summed E-state index contributed by atoms with van der Waals surface area (Å²) in [5.41, 5.74) is 6.00. The molecule has 0 heterocycles. The normalized spacial score (nSPS) is 20.5. The second-order valence-electron chi connectivity index (χ2n) is 4.36. The number of nitrogens with zero attached hydrogens (tertiary/aromatic N) is 1. The maximum Gasteiger partial charge on any atom is 0.00793 e. The molecule has 0 aliphatic heterocycles. The fourth-order valence-electron chi connectivity index (χ4n) is 1.37. The first-order valence-electron chi connectivity index (χ1n) is 5.07. The van der Waals surface area contributed by atoms with Gasteiger partial charge in [0.25, 0.3) is 0 Å². The van der Waals surface area contributed by atoms with E-state index in [1.54, 1.807) is 0 Å². The Morgan fingerprint density at radius 3 is 2.42 bits per heavy atom. The Kier molecular flexibility index (Phi) is 3.53. The van der Waals surface area contributed by atoms with Crippen LogP contribution in [-0.2, 0) is 0 Å². The van der Waals surface area contributed by atoms with E-state index < -0.39 is 0 Å². The van der Waals surface area contributed by atoms with E-state index >= 15 is 0 Å². The van der Waals surface area contributed by atoms with E-state index in [1.807, 2.05) is 0 Å². The Labute approximate surface area is 76.1 Å². The number of hydrogen-bond donors (Lipinski definition) is 1. The second kappa shape index (κ2) is 4.24. The lowest BCUT2D eigenvalue weighted by molar-refractivity contribution is 0.259. The fourth-order valence-corrected chi connectivity index (χ4v) is 1.37. The van der Waals surface area contributed by atoms with Gasteiger partial charge >= 0.3 is 0 Å². The van der Waals surface area contributed by atoms with Crippen LogP contribution in [-0.4, -0.2) is 30.6 Å². The average Bonchev–Trinajstić information content (AvgIpc) is 2.81. The molecule has 0 aromatic heterocycles. The van der Waals surface area contributed by atoms with Gasteiger partial charge < -0.3 is 10.6 Å². The first kappa shape index (κ1) is 10.0. The Hall–Kier alpha value is -0.0800. The van der Waals surface area contributed by atoms with Gasteiger partial charge in [-0.2, -0.15) is 0 Å². The van der Waals surface area contributed by atoms with E-state index in [0.717, 1.165) is 12.5 Å². The van der Waals surface area contributed by atoms with E-state index in [1.165, 1.54) is 19.3 Å². The molecule has 1 atom stereocenters. The molecule has 0 aromatic carbocycles. The van der Waals surface area contributed by atoms with Crippen molar-refractivity contribution in [3.63, 3.8) is 0 Å². The Balaban J connectivity index is 2.07. The Bertz CT molecular complexity index is 122. The molecular weight excluding hydrogens is 148 g/mol. The summed E-state index contributed by atoms with van der Waals surface area (Å²) < 4.78 is 0. The van der Waals surface area contributed by atoms with Crippen LogP contribution in [0.3, 0.4) is 0 Å². The third-order valence-corrected chi connectivity index (χ3v) is 2.92. The molecule has 1 unspecified atom stereocenters. The second-order valence-corrected chi connectivity index (χ2v) is 4.36. The molecule has 0 aromatic rings. The zero-order valence-corrected chi connectivity index (χ0v) is 8.59. The molecule has 2 heteroatoms. The van der Waals surface area contributed by atoms with Crippen molar-refractivity contribution in [2.45, 2.75) is 45.2 Å². The van der Waals surface area contributed by atoms with Crippen LogP contribution >= 0.6 is 0 Å². The summed E-state index contributed by atoms with van der Waals surface area (Å²) in [7, 11) is 2.17. The summed E-state index contributed by atoms with van der Waals surface area (Å²) in [5.74, 6) is 0.852. The van der Waals surface area contributed by atoms with Crippen molar-refractivity contribution in [1.29, 1.82) is 0 Å². The molecule has 1 aliphatic carbocycles. The van der Waals surface area contributed by atoms with Gasteiger partial charge in [-0.1, -0.05) is 0 Å². The smallest absolute Gasteiger partial charge is 0.00793 e. The first-order valence-corrected chi connectivity index (χ1v) is 5.07. The van der Waals surface area contributed by atoms with Crippen LogP contribution in [0.15, 0.2) is 0 Å². The van der Waals surface area contributed by atoms with E-state index in [2.05, 4.69) is 25.8 Å². The summed E-state index contributed by atoms with van der Waals surface area (Å²) in [6, 6.07) is 1.11. The Morgan fingerprint density at radius 2 is 2.00 bits per heavy atom. The minimum atomic E-state index is 0.464. The zero-order valence-electron chi connectivity index (χ0n) is 8.59. The molecule has 72 valence electrons. The van der Waals surface area contributed by atoms with E-state index in [-0.39, 0.29) is 0 Å². The van der Waals surface area contributed by atoms with E-state index in [4.69, 9.17) is 5.73 Å². The van der Waals surface area contributed by atoms with Crippen molar-refractivity contribution in [1.82, 2.24) is 4.90 Å². The molecule has 1 saturated carbocycles. The minimum absolute atomic E-state index is 0.464. The monoisotopic (exact) mass is 170 g/mol. The van der Waals surface area contributed by atoms with Gasteiger partial charge in [0.15, 0.2) is 0 Å². The van der Waals surface area contributed by atoms with Gasteiger partial charge in [0.05, 0.1) is 0 Å². The third kappa shape index (κ3) is 3.11. The summed E-state index contributed by atoms with van der Waals surface area (Å²) in [4.78, 5) is 2.36. The molecule has 12 heavy (non-hydrogen) atoms. The fraction of sp³-hybridized carbons (Fsp3) is 1.00. The molecule has 0 radical (unpaired) electrons. The van der Waals surface area contributed by atoms with E-state index in [0.29, 0.717) is 12.1 Å². The van der Waals surface area contributed by atoms with Crippen molar-refractivity contribution in [2.75, 3.05) is 13.6 Å². The summed E-state index contributed by atoms with van der Waals surface area (Å²) >= 11 is 0. The predicted octanol–water partition coefficient (Wildman–Crippen LogP) is 1.45. The van der Waals surface area contributed by atoms with Crippen LogP contribution in [0.25, 0.3) is 0 Å². The van der Waals surface area contributed by atoms with Crippen molar-refractivity contribution >= 4 is 0 Å². The quantitative estimate of drug-likeness (QED) is 0.676. The molecule has 0 amide bonds. The lowest BCUT2D eigenvalue weighted by atomic mass is 10.1. The van der Waals surface area contributed by atoms with Crippen molar-refractivity contribution in [3.8, 4) is 0 Å². The molecule has 1 rings (SSSR count). The SMILES string of the molecule is CC(C)N(C)CCC(N)C1CC1. The topological polar surface area (TPSA) is 29.3 Å². The molecule has 1 aliphatic rings. The third-order valence-electron chi connectivity index (χ3n) is 2.92. The van der Waals surface area contributed by atoms with Crippen LogP contribution < -0.4 is 5.73 Å². The van der Waals surface area contributed by atoms with E-state index in [9.17, 15) is 0 Å². The summed E-state index contributed by atoms with van der Waals surface area (Å²) in [6.07, 6.45) is 3.90. The first-order chi connectivity index (χ1) is 5.61. The highest BCUT2D eigenvalue weighted by Gasteiger charge is 2.28. The molecule has 0 spiro atoms. The lowest BCUT2D eigenvalue weighted by Crippen LogP contribution is -2.33. The van der Waals surface area contributed by atoms with Crippen LogP contribution in [0.5, 0.6) is 0 Å². The predicted molar refractivity (Wildman–Crippen MR) is 53.1 cm³/mol. The average molecular weight is 170 g/mol. The summed E-state index contributed by atoms with van der Waals surface area (Å²) in [5, 5.41) is 0. The molecule has 0 saturated heterocycles. The summed E-state index contributed by atoms with van der Waals surface area (Å²) in [6.45, 7) is 5.60. The van der Waals surface area contributed by atoms with Gasteiger partial charge in [-0.15, -0.1) is 0 Å². The highest BCUT2D eigenvalue weighted by atomic mass is 15.1. The number of hydrogen-bond acceptors (Lipinski definition) is 2. The van der Waals surface area contributed by atoms with Crippen molar-refractivity contribution in [3.05, 3.63) is 0 Å². The molecule has 2 N–H and O–H groups in total. The van der Waals surface area contributed by atoms with Crippen LogP contribution in [0.4, 0.5) is 0 Å². The van der Waals surface area contributed by atoms with Crippen LogP contribution in [0.2, 0.25) is 0 Å². The zero-order chi connectivity index (χ0) is 9.14. The highest BCUT2D eigenvalue weighted by Crippen LogP contribution is 2.32. The lowest BCUT2D eigenvalue weighted by Gasteiger charge is -2.22. The largest absolute Gasteiger partial charge is 0.327 e. The van der Waals surface area contributed by atoms with Gasteiger partial charge in [0, 0.05) is 12.1 Å². The van der Waals surface area contributed by atoms with Crippen molar-refractivity contribution in [2.24, 2.45) is 11.7 Å². The molecular formula is C10H22N2. The number of rotatable bonds is 5. The highest BCUT2D eigenvalue weighted by molar-refractivity contribution is 4.84. The van der Waals surface area contributed by atoms with Gasteiger partial charge in [0.1, 0.15) is 0 Å². The van der Waals surface area contributed by atoms with Gasteiger partial charge in [-0.3, -0.25) is 0 Å². The minimum Gasteiger partial charge on any atom is -0.327 e. The van der Waals surface area contributed by atoms with Crippen LogP contribution in [0.1, 0.15) is 33.1 Å².